The number of hydrogen-bond acceptors (Lipinski definition) is 4. The number of benzene rings is 1. The molecule has 1 aromatic carbocycles. The Kier molecular flexibility index (Phi) is 6.45. The second-order valence-electron chi connectivity index (χ2n) is 7.34. The predicted molar refractivity (Wildman–Crippen MR) is 101 cm³/mol. The lowest BCUT2D eigenvalue weighted by molar-refractivity contribution is -0.117. The van der Waals surface area contributed by atoms with Crippen molar-refractivity contribution in [3.05, 3.63) is 29.8 Å². The molecule has 2 heterocycles. The fourth-order valence-corrected chi connectivity index (χ4v) is 4.18. The number of aryl methyl sites for hydroxylation is 1. The van der Waals surface area contributed by atoms with Crippen molar-refractivity contribution in [2.75, 3.05) is 38.1 Å². The zero-order valence-electron chi connectivity index (χ0n) is 15.3. The summed E-state index contributed by atoms with van der Waals surface area (Å²) in [6, 6.07) is 8.83. The van der Waals surface area contributed by atoms with E-state index in [1.807, 2.05) is 12.1 Å². The van der Waals surface area contributed by atoms with Crippen LogP contribution in [0.15, 0.2) is 24.3 Å². The van der Waals surface area contributed by atoms with Gasteiger partial charge in [-0.15, -0.1) is 0 Å². The summed E-state index contributed by atoms with van der Waals surface area (Å²) in [4.78, 5) is 17.2. The molecule has 0 aromatic heterocycles. The summed E-state index contributed by atoms with van der Waals surface area (Å²) in [5.74, 6) is 0.0697. The second-order valence-corrected chi connectivity index (χ2v) is 7.34. The van der Waals surface area contributed by atoms with Gasteiger partial charge in [-0.1, -0.05) is 19.1 Å². The van der Waals surface area contributed by atoms with Gasteiger partial charge in [0.25, 0.3) is 0 Å². The largest absolute Gasteiger partial charge is 0.395 e. The van der Waals surface area contributed by atoms with E-state index in [4.69, 9.17) is 0 Å². The molecule has 25 heavy (non-hydrogen) atoms. The van der Waals surface area contributed by atoms with E-state index < -0.39 is 0 Å². The van der Waals surface area contributed by atoms with Gasteiger partial charge in [-0.25, -0.2) is 0 Å². The van der Waals surface area contributed by atoms with Crippen molar-refractivity contribution >= 4 is 11.6 Å². The molecule has 5 heteroatoms. The van der Waals surface area contributed by atoms with E-state index in [0.29, 0.717) is 18.6 Å². The quantitative estimate of drug-likeness (QED) is 0.795. The van der Waals surface area contributed by atoms with E-state index in [1.54, 1.807) is 0 Å². The number of aliphatic hydroxyl groups is 1. The number of aliphatic hydroxyl groups excluding tert-OH is 1. The molecule has 1 amide bonds. The minimum absolute atomic E-state index is 0.0697. The van der Waals surface area contributed by atoms with Gasteiger partial charge in [-0.2, -0.15) is 0 Å². The molecule has 2 N–H and O–H groups in total. The van der Waals surface area contributed by atoms with E-state index in [0.717, 1.165) is 51.0 Å². The Morgan fingerprint density at radius 1 is 1.20 bits per heavy atom. The van der Waals surface area contributed by atoms with Crippen molar-refractivity contribution in [1.82, 2.24) is 9.80 Å². The first-order chi connectivity index (χ1) is 12.2. The third-order valence-corrected chi connectivity index (χ3v) is 5.62. The van der Waals surface area contributed by atoms with Gasteiger partial charge in [0.1, 0.15) is 0 Å². The van der Waals surface area contributed by atoms with Crippen LogP contribution in [0.25, 0.3) is 0 Å². The Morgan fingerprint density at radius 3 is 2.72 bits per heavy atom. The summed E-state index contributed by atoms with van der Waals surface area (Å²) in [6.07, 6.45) is 5.54. The standard InChI is InChI=1S/C20H31N3O2/c1-2-16-6-3-7-17(12-16)21-20(25)14-23-11-4-8-18(23)13-22-10-5-9-19(22)15-24/h3,6-7,12,18-19,24H,2,4-5,8-11,13-15H2,1H3,(H,21,25). The molecule has 138 valence electrons. The number of rotatable bonds is 7. The molecule has 0 bridgehead atoms. The third kappa shape index (κ3) is 4.81. The van der Waals surface area contributed by atoms with Gasteiger partial charge in [0.2, 0.25) is 5.91 Å². The maximum absolute atomic E-state index is 12.5. The highest BCUT2D eigenvalue weighted by molar-refractivity contribution is 5.92. The van der Waals surface area contributed by atoms with Crippen molar-refractivity contribution in [1.29, 1.82) is 0 Å². The lowest BCUT2D eigenvalue weighted by Gasteiger charge is -2.31. The topological polar surface area (TPSA) is 55.8 Å². The fourth-order valence-electron chi connectivity index (χ4n) is 4.18. The average Bonchev–Trinajstić information content (AvgIpc) is 3.24. The molecule has 0 saturated carbocycles. The smallest absolute Gasteiger partial charge is 0.238 e. The SMILES string of the molecule is CCc1cccc(NC(=O)CN2CCCC2CN2CCCC2CO)c1. The van der Waals surface area contributed by atoms with Crippen LogP contribution >= 0.6 is 0 Å². The van der Waals surface area contributed by atoms with Gasteiger partial charge >= 0.3 is 0 Å². The van der Waals surface area contributed by atoms with Gasteiger partial charge in [0.05, 0.1) is 13.2 Å². The molecule has 2 atom stereocenters. The normalized spacial score (nSPS) is 24.7. The number of hydrogen-bond donors (Lipinski definition) is 2. The molecule has 1 aromatic rings. The first kappa shape index (κ1) is 18.4. The fraction of sp³-hybridized carbons (Fsp3) is 0.650. The number of nitrogens with one attached hydrogen (secondary N) is 1. The first-order valence-corrected chi connectivity index (χ1v) is 9.67. The Labute approximate surface area is 151 Å². The third-order valence-electron chi connectivity index (χ3n) is 5.62. The molecule has 0 spiro atoms. The van der Waals surface area contributed by atoms with Crippen LogP contribution in [-0.2, 0) is 11.2 Å². The van der Waals surface area contributed by atoms with E-state index in [9.17, 15) is 9.90 Å². The molecule has 2 saturated heterocycles. The Bertz CT molecular complexity index is 578. The van der Waals surface area contributed by atoms with Crippen molar-refractivity contribution in [3.8, 4) is 0 Å². The molecule has 3 rings (SSSR count). The highest BCUT2D eigenvalue weighted by Crippen LogP contribution is 2.23. The van der Waals surface area contributed by atoms with Crippen LogP contribution in [0.1, 0.15) is 38.2 Å². The molecule has 2 fully saturated rings. The number of amides is 1. The zero-order chi connectivity index (χ0) is 17.6. The van der Waals surface area contributed by atoms with E-state index in [-0.39, 0.29) is 12.5 Å². The van der Waals surface area contributed by atoms with Crippen LogP contribution in [0.3, 0.4) is 0 Å². The summed E-state index contributed by atoms with van der Waals surface area (Å²) >= 11 is 0. The zero-order valence-corrected chi connectivity index (χ0v) is 15.3. The first-order valence-electron chi connectivity index (χ1n) is 9.67. The molecule has 2 aliphatic rings. The molecule has 0 radical (unpaired) electrons. The summed E-state index contributed by atoms with van der Waals surface area (Å²) < 4.78 is 0. The van der Waals surface area contributed by atoms with Crippen LogP contribution in [0.4, 0.5) is 5.69 Å². The van der Waals surface area contributed by atoms with Crippen molar-refractivity contribution in [2.24, 2.45) is 0 Å². The molecular weight excluding hydrogens is 314 g/mol. The molecule has 2 unspecified atom stereocenters. The average molecular weight is 345 g/mol. The lowest BCUT2D eigenvalue weighted by atomic mass is 10.1. The Morgan fingerprint density at radius 2 is 1.96 bits per heavy atom. The Balaban J connectivity index is 1.52. The van der Waals surface area contributed by atoms with Crippen LogP contribution in [-0.4, -0.2) is 65.7 Å². The second kappa shape index (κ2) is 8.79. The summed E-state index contributed by atoms with van der Waals surface area (Å²) in [5.41, 5.74) is 2.13. The number of nitrogens with zero attached hydrogens (tertiary/aromatic N) is 2. The van der Waals surface area contributed by atoms with Crippen LogP contribution in [0.2, 0.25) is 0 Å². The number of anilines is 1. The van der Waals surface area contributed by atoms with Crippen molar-refractivity contribution in [3.63, 3.8) is 0 Å². The van der Waals surface area contributed by atoms with Crippen LogP contribution in [0, 0.1) is 0 Å². The molecular formula is C20H31N3O2. The predicted octanol–water partition coefficient (Wildman–Crippen LogP) is 2.11. The minimum Gasteiger partial charge on any atom is -0.395 e. The minimum atomic E-state index is 0.0697. The van der Waals surface area contributed by atoms with Crippen molar-refractivity contribution in [2.45, 2.75) is 51.1 Å². The van der Waals surface area contributed by atoms with Crippen molar-refractivity contribution < 1.29 is 9.90 Å². The van der Waals surface area contributed by atoms with Gasteiger partial charge in [-0.05, 0) is 62.9 Å². The molecule has 2 aliphatic heterocycles. The van der Waals surface area contributed by atoms with E-state index in [2.05, 4.69) is 34.2 Å². The Hall–Kier alpha value is -1.43. The monoisotopic (exact) mass is 345 g/mol. The summed E-state index contributed by atoms with van der Waals surface area (Å²) in [6.45, 7) is 5.87. The maximum Gasteiger partial charge on any atom is 0.238 e. The van der Waals surface area contributed by atoms with E-state index >= 15 is 0 Å². The van der Waals surface area contributed by atoms with Gasteiger partial charge < -0.3 is 10.4 Å². The molecule has 0 aliphatic carbocycles. The maximum atomic E-state index is 12.5. The highest BCUT2D eigenvalue weighted by Gasteiger charge is 2.31. The van der Waals surface area contributed by atoms with Gasteiger partial charge in [0, 0.05) is 24.3 Å². The number of carbonyl (C=O) groups is 1. The van der Waals surface area contributed by atoms with Gasteiger partial charge in [0.15, 0.2) is 0 Å². The van der Waals surface area contributed by atoms with Crippen LogP contribution < -0.4 is 5.32 Å². The summed E-state index contributed by atoms with van der Waals surface area (Å²) in [5, 5.41) is 12.6. The molecule has 5 nitrogen and oxygen atoms in total. The highest BCUT2D eigenvalue weighted by atomic mass is 16.3. The summed E-state index contributed by atoms with van der Waals surface area (Å²) in [7, 11) is 0. The van der Waals surface area contributed by atoms with E-state index in [1.165, 1.54) is 12.0 Å². The lowest BCUT2D eigenvalue weighted by Crippen LogP contribution is -2.45. The number of likely N-dealkylation sites (tertiary alicyclic amines) is 2. The van der Waals surface area contributed by atoms with Crippen LogP contribution in [0.5, 0.6) is 0 Å². The number of carbonyl (C=O) groups excluding carboxylic acids is 1. The van der Waals surface area contributed by atoms with Gasteiger partial charge in [-0.3, -0.25) is 14.6 Å².